The molecule has 1 atom stereocenters. The molecule has 2 N–H and O–H groups in total. The molecule has 2 heteroatoms. The van der Waals surface area contributed by atoms with E-state index in [2.05, 4.69) is 79.8 Å². The lowest BCUT2D eigenvalue weighted by Gasteiger charge is -2.17. The van der Waals surface area contributed by atoms with Gasteiger partial charge in [0, 0.05) is 3.57 Å². The molecule has 0 bridgehead atoms. The molecule has 2 aromatic carbocycles. The van der Waals surface area contributed by atoms with Crippen molar-refractivity contribution in [2.45, 2.75) is 26.8 Å². The second-order valence-electron chi connectivity index (χ2n) is 4.82. The maximum Gasteiger partial charge on any atom is 0.0554 e. The lowest BCUT2D eigenvalue weighted by atomic mass is 9.92. The van der Waals surface area contributed by atoms with Gasteiger partial charge in [-0.15, -0.1) is 0 Å². The van der Waals surface area contributed by atoms with Crippen molar-refractivity contribution < 1.29 is 0 Å². The maximum absolute atomic E-state index is 6.38. The van der Waals surface area contributed by atoms with Crippen LogP contribution in [0.25, 0.3) is 0 Å². The summed E-state index contributed by atoms with van der Waals surface area (Å²) in [6.45, 7) is 6.41. The molecule has 2 rings (SSSR count). The first-order valence-corrected chi connectivity index (χ1v) is 7.15. The molecule has 94 valence electrons. The zero-order valence-electron chi connectivity index (χ0n) is 11.0. The van der Waals surface area contributed by atoms with Gasteiger partial charge in [-0.3, -0.25) is 0 Å². The SMILES string of the molecule is Cc1cc(C)c(C(N)c2ccc(I)cc2)cc1C. The zero-order chi connectivity index (χ0) is 13.3. The van der Waals surface area contributed by atoms with Crippen LogP contribution in [0.5, 0.6) is 0 Å². The molecule has 2 aromatic rings. The van der Waals surface area contributed by atoms with Crippen LogP contribution in [0.15, 0.2) is 36.4 Å². The van der Waals surface area contributed by atoms with Crippen LogP contribution in [-0.4, -0.2) is 0 Å². The first-order chi connectivity index (χ1) is 8.49. The van der Waals surface area contributed by atoms with Gasteiger partial charge in [0.15, 0.2) is 0 Å². The van der Waals surface area contributed by atoms with Gasteiger partial charge in [-0.25, -0.2) is 0 Å². The summed E-state index contributed by atoms with van der Waals surface area (Å²) in [6, 6.07) is 12.8. The average molecular weight is 351 g/mol. The Morgan fingerprint density at radius 2 is 1.44 bits per heavy atom. The zero-order valence-corrected chi connectivity index (χ0v) is 13.2. The fraction of sp³-hybridized carbons (Fsp3) is 0.250. The fourth-order valence-corrected chi connectivity index (χ4v) is 2.53. The van der Waals surface area contributed by atoms with Crippen LogP contribution >= 0.6 is 22.6 Å². The van der Waals surface area contributed by atoms with Crippen molar-refractivity contribution in [3.63, 3.8) is 0 Å². The molecule has 0 spiro atoms. The summed E-state index contributed by atoms with van der Waals surface area (Å²) in [7, 11) is 0. The molecule has 0 aliphatic rings. The minimum absolute atomic E-state index is 0.0405. The van der Waals surface area contributed by atoms with Crippen molar-refractivity contribution in [2.24, 2.45) is 5.73 Å². The van der Waals surface area contributed by atoms with E-state index in [0.717, 1.165) is 0 Å². The van der Waals surface area contributed by atoms with Crippen LogP contribution in [0.3, 0.4) is 0 Å². The number of nitrogens with two attached hydrogens (primary N) is 1. The summed E-state index contributed by atoms with van der Waals surface area (Å²) in [4.78, 5) is 0. The quantitative estimate of drug-likeness (QED) is 0.804. The molecule has 0 saturated carbocycles. The summed E-state index contributed by atoms with van der Waals surface area (Å²) < 4.78 is 1.24. The number of hydrogen-bond acceptors (Lipinski definition) is 1. The highest BCUT2D eigenvalue weighted by Crippen LogP contribution is 2.25. The van der Waals surface area contributed by atoms with E-state index in [-0.39, 0.29) is 6.04 Å². The molecule has 0 aliphatic heterocycles. The molecular formula is C16H18IN. The molecule has 18 heavy (non-hydrogen) atoms. The molecular weight excluding hydrogens is 333 g/mol. The fourth-order valence-electron chi connectivity index (χ4n) is 2.17. The lowest BCUT2D eigenvalue weighted by molar-refractivity contribution is 0.858. The molecule has 0 radical (unpaired) electrons. The highest BCUT2D eigenvalue weighted by atomic mass is 127. The van der Waals surface area contributed by atoms with E-state index in [1.54, 1.807) is 0 Å². The van der Waals surface area contributed by atoms with Gasteiger partial charge in [0.1, 0.15) is 0 Å². The van der Waals surface area contributed by atoms with Gasteiger partial charge in [0.2, 0.25) is 0 Å². The molecule has 0 amide bonds. The van der Waals surface area contributed by atoms with Crippen molar-refractivity contribution in [3.8, 4) is 0 Å². The summed E-state index contributed by atoms with van der Waals surface area (Å²) in [5, 5.41) is 0. The predicted octanol–water partition coefficient (Wildman–Crippen LogP) is 4.26. The number of halogens is 1. The maximum atomic E-state index is 6.38. The van der Waals surface area contributed by atoms with Crippen molar-refractivity contribution in [1.82, 2.24) is 0 Å². The minimum atomic E-state index is -0.0405. The van der Waals surface area contributed by atoms with Gasteiger partial charge >= 0.3 is 0 Å². The Morgan fingerprint density at radius 1 is 0.889 bits per heavy atom. The van der Waals surface area contributed by atoms with Gasteiger partial charge in [-0.2, -0.15) is 0 Å². The molecule has 0 saturated heterocycles. The van der Waals surface area contributed by atoms with E-state index in [1.807, 2.05) is 0 Å². The molecule has 0 fully saturated rings. The van der Waals surface area contributed by atoms with Crippen LogP contribution in [-0.2, 0) is 0 Å². The van der Waals surface area contributed by atoms with E-state index >= 15 is 0 Å². The van der Waals surface area contributed by atoms with Crippen molar-refractivity contribution >= 4 is 22.6 Å². The molecule has 0 heterocycles. The molecule has 0 aliphatic carbocycles. The summed E-state index contributed by atoms with van der Waals surface area (Å²) in [6.07, 6.45) is 0. The Bertz CT molecular complexity index is 558. The standard InChI is InChI=1S/C16H18IN/c1-10-8-12(3)15(9-11(10)2)16(18)13-4-6-14(17)7-5-13/h4-9,16H,18H2,1-3H3. The topological polar surface area (TPSA) is 26.0 Å². The molecule has 0 aromatic heterocycles. The Kier molecular flexibility index (Phi) is 4.07. The van der Waals surface area contributed by atoms with Crippen LogP contribution in [0, 0.1) is 24.3 Å². The highest BCUT2D eigenvalue weighted by molar-refractivity contribution is 14.1. The van der Waals surface area contributed by atoms with Crippen LogP contribution < -0.4 is 5.73 Å². The van der Waals surface area contributed by atoms with Gasteiger partial charge < -0.3 is 5.73 Å². The number of benzene rings is 2. The van der Waals surface area contributed by atoms with E-state index in [0.29, 0.717) is 0 Å². The van der Waals surface area contributed by atoms with Crippen LogP contribution in [0.1, 0.15) is 33.9 Å². The number of hydrogen-bond donors (Lipinski definition) is 1. The summed E-state index contributed by atoms with van der Waals surface area (Å²) in [5.41, 5.74) is 12.7. The monoisotopic (exact) mass is 351 g/mol. The summed E-state index contributed by atoms with van der Waals surface area (Å²) in [5.74, 6) is 0. The Hall–Kier alpha value is -0.870. The normalized spacial score (nSPS) is 12.5. The largest absolute Gasteiger partial charge is 0.320 e. The van der Waals surface area contributed by atoms with Crippen molar-refractivity contribution in [2.75, 3.05) is 0 Å². The molecule has 1 unspecified atom stereocenters. The van der Waals surface area contributed by atoms with E-state index in [9.17, 15) is 0 Å². The first kappa shape index (κ1) is 13.6. The average Bonchev–Trinajstić information content (AvgIpc) is 2.34. The third-order valence-corrected chi connectivity index (χ3v) is 4.17. The van der Waals surface area contributed by atoms with E-state index < -0.39 is 0 Å². The molecule has 1 nitrogen and oxygen atoms in total. The van der Waals surface area contributed by atoms with Gasteiger partial charge in [0.05, 0.1) is 6.04 Å². The lowest BCUT2D eigenvalue weighted by Crippen LogP contribution is -2.13. The third kappa shape index (κ3) is 2.75. The highest BCUT2D eigenvalue weighted by Gasteiger charge is 2.12. The van der Waals surface area contributed by atoms with Gasteiger partial charge in [-0.05, 0) is 83.3 Å². The number of rotatable bonds is 2. The summed E-state index contributed by atoms with van der Waals surface area (Å²) >= 11 is 2.31. The second kappa shape index (κ2) is 5.41. The van der Waals surface area contributed by atoms with E-state index in [1.165, 1.54) is 31.4 Å². The van der Waals surface area contributed by atoms with Crippen molar-refractivity contribution in [1.29, 1.82) is 0 Å². The van der Waals surface area contributed by atoms with E-state index in [4.69, 9.17) is 5.73 Å². The second-order valence-corrected chi connectivity index (χ2v) is 6.07. The Balaban J connectivity index is 2.42. The Labute approximate surface area is 123 Å². The van der Waals surface area contributed by atoms with Gasteiger partial charge in [0.25, 0.3) is 0 Å². The van der Waals surface area contributed by atoms with Gasteiger partial charge in [-0.1, -0.05) is 24.3 Å². The Morgan fingerprint density at radius 3 is 2.06 bits per heavy atom. The smallest absolute Gasteiger partial charge is 0.0554 e. The van der Waals surface area contributed by atoms with Crippen LogP contribution in [0.4, 0.5) is 0 Å². The predicted molar refractivity (Wildman–Crippen MR) is 85.8 cm³/mol. The van der Waals surface area contributed by atoms with Crippen molar-refractivity contribution in [3.05, 3.63) is 67.8 Å². The number of aryl methyl sites for hydroxylation is 3. The first-order valence-electron chi connectivity index (χ1n) is 6.08. The third-order valence-electron chi connectivity index (χ3n) is 3.45. The minimum Gasteiger partial charge on any atom is -0.320 e. The van der Waals surface area contributed by atoms with Crippen LogP contribution in [0.2, 0.25) is 0 Å².